The molecule has 0 amide bonds. The van der Waals surface area contributed by atoms with Crippen LogP contribution >= 0.6 is 0 Å². The summed E-state index contributed by atoms with van der Waals surface area (Å²) in [6.45, 7) is 5.50. The quantitative estimate of drug-likeness (QED) is 0.836. The lowest BCUT2D eigenvalue weighted by Gasteiger charge is -2.20. The highest BCUT2D eigenvalue weighted by molar-refractivity contribution is 5.86. The summed E-state index contributed by atoms with van der Waals surface area (Å²) in [4.78, 5) is 6.89. The fourth-order valence-corrected chi connectivity index (χ4v) is 2.30. The fraction of sp³-hybridized carbons (Fsp3) is 0.533. The molecule has 4 heteroatoms. The van der Waals surface area contributed by atoms with Crippen LogP contribution in [0, 0.1) is 5.92 Å². The third-order valence-corrected chi connectivity index (χ3v) is 3.62. The van der Waals surface area contributed by atoms with Gasteiger partial charge in [-0.15, -0.1) is 0 Å². The molecule has 2 aromatic rings. The predicted molar refractivity (Wildman–Crippen MR) is 78.2 cm³/mol. The van der Waals surface area contributed by atoms with Crippen LogP contribution in [0.15, 0.2) is 22.6 Å². The van der Waals surface area contributed by atoms with Crippen LogP contribution in [0.3, 0.4) is 0 Å². The molecule has 0 unspecified atom stereocenters. The summed E-state index contributed by atoms with van der Waals surface area (Å²) in [5, 5.41) is 0. The number of aromatic nitrogens is 1. The van der Waals surface area contributed by atoms with Crippen LogP contribution in [0.5, 0.6) is 0 Å². The van der Waals surface area contributed by atoms with Crippen molar-refractivity contribution < 1.29 is 4.42 Å². The number of para-hydroxylation sites is 1. The van der Waals surface area contributed by atoms with Gasteiger partial charge in [0.15, 0.2) is 5.58 Å². The fourth-order valence-electron chi connectivity index (χ4n) is 2.30. The molecule has 0 radical (unpaired) electrons. The van der Waals surface area contributed by atoms with Crippen molar-refractivity contribution in [3.63, 3.8) is 0 Å². The van der Waals surface area contributed by atoms with Gasteiger partial charge in [0, 0.05) is 12.6 Å². The molecule has 1 aromatic carbocycles. The van der Waals surface area contributed by atoms with E-state index in [0.717, 1.165) is 30.1 Å². The second-order valence-electron chi connectivity index (χ2n) is 5.80. The zero-order valence-corrected chi connectivity index (χ0v) is 11.6. The summed E-state index contributed by atoms with van der Waals surface area (Å²) in [6.07, 6.45) is 3.64. The van der Waals surface area contributed by atoms with Gasteiger partial charge in [-0.05, 0) is 37.3 Å². The molecular formula is C15H21N3O. The van der Waals surface area contributed by atoms with Crippen molar-refractivity contribution in [1.82, 2.24) is 4.98 Å². The first kappa shape index (κ1) is 12.3. The number of nitrogens with zero attached hydrogens (tertiary/aromatic N) is 2. The maximum absolute atomic E-state index is 5.94. The van der Waals surface area contributed by atoms with E-state index in [9.17, 15) is 0 Å². The third kappa shape index (κ3) is 2.53. The molecule has 1 fully saturated rings. The average molecular weight is 259 g/mol. The summed E-state index contributed by atoms with van der Waals surface area (Å²) >= 11 is 0. The molecule has 1 aliphatic carbocycles. The van der Waals surface area contributed by atoms with E-state index >= 15 is 0 Å². The molecule has 19 heavy (non-hydrogen) atoms. The van der Waals surface area contributed by atoms with E-state index in [4.69, 9.17) is 10.2 Å². The van der Waals surface area contributed by atoms with Crippen LogP contribution in [-0.4, -0.2) is 17.6 Å². The van der Waals surface area contributed by atoms with Gasteiger partial charge in [0.2, 0.25) is 0 Å². The molecule has 3 rings (SSSR count). The van der Waals surface area contributed by atoms with E-state index in [0.29, 0.717) is 17.6 Å². The second-order valence-corrected chi connectivity index (χ2v) is 5.80. The first-order valence-corrected chi connectivity index (χ1v) is 7.07. The van der Waals surface area contributed by atoms with Crippen molar-refractivity contribution in [2.75, 3.05) is 17.2 Å². The Labute approximate surface area is 113 Å². The summed E-state index contributed by atoms with van der Waals surface area (Å²) in [7, 11) is 0. The molecule has 4 nitrogen and oxygen atoms in total. The molecule has 1 saturated carbocycles. The van der Waals surface area contributed by atoms with E-state index < -0.39 is 0 Å². The van der Waals surface area contributed by atoms with Crippen LogP contribution in [0.25, 0.3) is 11.1 Å². The van der Waals surface area contributed by atoms with Gasteiger partial charge in [0.1, 0.15) is 5.52 Å². The van der Waals surface area contributed by atoms with Gasteiger partial charge >= 0.3 is 0 Å². The number of fused-ring (bicyclic) bond motifs is 1. The smallest absolute Gasteiger partial charge is 0.298 e. The molecule has 0 spiro atoms. The Morgan fingerprint density at radius 2 is 2.21 bits per heavy atom. The van der Waals surface area contributed by atoms with Gasteiger partial charge in [-0.3, -0.25) is 0 Å². The van der Waals surface area contributed by atoms with E-state index in [1.165, 1.54) is 12.8 Å². The first-order valence-electron chi connectivity index (χ1n) is 7.07. The summed E-state index contributed by atoms with van der Waals surface area (Å²) in [5.41, 5.74) is 8.20. The standard InChI is InChI=1S/C15H21N3O/c1-10(2)8-9-18(11-6-7-11)15-17-14-12(16)4-3-5-13(14)19-15/h3-5,10-11H,6-9,16H2,1-2H3. The van der Waals surface area contributed by atoms with Gasteiger partial charge < -0.3 is 15.1 Å². The van der Waals surface area contributed by atoms with Crippen molar-refractivity contribution in [2.45, 2.75) is 39.2 Å². The zero-order chi connectivity index (χ0) is 13.4. The number of hydrogen-bond acceptors (Lipinski definition) is 4. The van der Waals surface area contributed by atoms with Gasteiger partial charge in [-0.25, -0.2) is 0 Å². The SMILES string of the molecule is CC(C)CCN(c1nc2c(N)cccc2o1)C1CC1. The Hall–Kier alpha value is -1.71. The van der Waals surface area contributed by atoms with Gasteiger partial charge in [-0.1, -0.05) is 19.9 Å². The number of nitrogen functional groups attached to an aromatic ring is 1. The molecule has 0 bridgehead atoms. The Balaban J connectivity index is 1.89. The summed E-state index contributed by atoms with van der Waals surface area (Å²) in [6, 6.07) is 7.03. The zero-order valence-electron chi connectivity index (χ0n) is 11.6. The highest BCUT2D eigenvalue weighted by Crippen LogP contribution is 2.34. The lowest BCUT2D eigenvalue weighted by molar-refractivity contribution is 0.521. The minimum atomic E-state index is 0.605. The van der Waals surface area contributed by atoms with Gasteiger partial charge in [-0.2, -0.15) is 4.98 Å². The van der Waals surface area contributed by atoms with Crippen molar-refractivity contribution in [3.05, 3.63) is 18.2 Å². The summed E-state index contributed by atoms with van der Waals surface area (Å²) in [5.74, 6) is 0.690. The second kappa shape index (κ2) is 4.76. The minimum absolute atomic E-state index is 0.605. The normalized spacial score (nSPS) is 15.3. The van der Waals surface area contributed by atoms with Gasteiger partial charge in [0.05, 0.1) is 5.69 Å². The lowest BCUT2D eigenvalue weighted by Crippen LogP contribution is -2.27. The van der Waals surface area contributed by atoms with Crippen molar-refractivity contribution in [3.8, 4) is 0 Å². The molecule has 2 N–H and O–H groups in total. The van der Waals surface area contributed by atoms with E-state index in [2.05, 4.69) is 23.7 Å². The Kier molecular flexibility index (Phi) is 3.09. The van der Waals surface area contributed by atoms with Crippen LogP contribution in [0.4, 0.5) is 11.7 Å². The van der Waals surface area contributed by atoms with Crippen LogP contribution in [0.1, 0.15) is 33.1 Å². The molecular weight excluding hydrogens is 238 g/mol. The molecule has 102 valence electrons. The Morgan fingerprint density at radius 1 is 1.42 bits per heavy atom. The highest BCUT2D eigenvalue weighted by atomic mass is 16.4. The van der Waals surface area contributed by atoms with Crippen molar-refractivity contribution in [1.29, 1.82) is 0 Å². The maximum Gasteiger partial charge on any atom is 0.298 e. The highest BCUT2D eigenvalue weighted by Gasteiger charge is 2.32. The van der Waals surface area contributed by atoms with E-state index in [-0.39, 0.29) is 0 Å². The van der Waals surface area contributed by atoms with E-state index in [1.54, 1.807) is 0 Å². The lowest BCUT2D eigenvalue weighted by atomic mass is 10.1. The molecule has 1 aliphatic rings. The number of hydrogen-bond donors (Lipinski definition) is 1. The number of benzene rings is 1. The van der Waals surface area contributed by atoms with E-state index in [1.807, 2.05) is 18.2 Å². The van der Waals surface area contributed by atoms with Crippen LogP contribution < -0.4 is 10.6 Å². The Bertz CT molecular complexity index is 572. The largest absolute Gasteiger partial charge is 0.423 e. The van der Waals surface area contributed by atoms with Crippen molar-refractivity contribution in [2.24, 2.45) is 5.92 Å². The van der Waals surface area contributed by atoms with Crippen molar-refractivity contribution >= 4 is 22.8 Å². The first-order chi connectivity index (χ1) is 9.15. The average Bonchev–Trinajstić information content (AvgIpc) is 3.09. The Morgan fingerprint density at radius 3 is 2.84 bits per heavy atom. The molecule has 0 atom stereocenters. The maximum atomic E-state index is 5.94. The summed E-state index contributed by atoms with van der Waals surface area (Å²) < 4.78 is 5.88. The van der Waals surface area contributed by atoms with Crippen LogP contribution in [-0.2, 0) is 0 Å². The van der Waals surface area contributed by atoms with Crippen LogP contribution in [0.2, 0.25) is 0 Å². The predicted octanol–water partition coefficient (Wildman–Crippen LogP) is 3.42. The molecule has 1 aromatic heterocycles. The third-order valence-electron chi connectivity index (χ3n) is 3.62. The number of nitrogens with two attached hydrogens (primary N) is 1. The number of oxazole rings is 1. The minimum Gasteiger partial charge on any atom is -0.423 e. The molecule has 0 saturated heterocycles. The topological polar surface area (TPSA) is 55.3 Å². The number of anilines is 2. The monoisotopic (exact) mass is 259 g/mol. The molecule has 1 heterocycles. The van der Waals surface area contributed by atoms with Gasteiger partial charge in [0.25, 0.3) is 6.01 Å². The number of rotatable bonds is 5. The molecule has 0 aliphatic heterocycles.